The highest BCUT2D eigenvalue weighted by Crippen LogP contribution is 2.28. The van der Waals surface area contributed by atoms with Gasteiger partial charge in [0.25, 0.3) is 5.89 Å². The zero-order valence-corrected chi connectivity index (χ0v) is 17.7. The lowest BCUT2D eigenvalue weighted by molar-refractivity contribution is -0.0190. The Labute approximate surface area is 178 Å². The third-order valence-corrected chi connectivity index (χ3v) is 4.81. The molecule has 10 heteroatoms. The fraction of sp³-hybridized carbons (Fsp3) is 0.476. The number of rotatable bonds is 5. The van der Waals surface area contributed by atoms with Crippen molar-refractivity contribution in [2.24, 2.45) is 0 Å². The summed E-state index contributed by atoms with van der Waals surface area (Å²) in [6, 6.07) is 3.31. The molecule has 10 nitrogen and oxygen atoms in total. The molecule has 0 radical (unpaired) electrons. The maximum atomic E-state index is 12.1. The number of aldehydes is 1. The summed E-state index contributed by atoms with van der Waals surface area (Å²) in [5.74, 6) is 0.945. The Balaban J connectivity index is 1.31. The fourth-order valence-electron chi connectivity index (χ4n) is 3.32. The van der Waals surface area contributed by atoms with Gasteiger partial charge in [0.2, 0.25) is 0 Å². The van der Waals surface area contributed by atoms with E-state index in [0.29, 0.717) is 54.8 Å². The van der Waals surface area contributed by atoms with Gasteiger partial charge in [0, 0.05) is 19.3 Å². The molecule has 0 N–H and O–H groups in total. The Morgan fingerprint density at radius 3 is 2.81 bits per heavy atom. The minimum atomic E-state index is -0.508. The lowest BCUT2D eigenvalue weighted by Crippen LogP contribution is -2.43. The first kappa shape index (κ1) is 21.0. The third-order valence-electron chi connectivity index (χ3n) is 4.81. The standard InChI is InChI=1S/C21H24N4O6/c1-21(2,3)30-20(27)25-8-5-13(6-9-25)28-12-18-23-19(31-24-18)17-10-14-15(11-26)22-7-4-16(14)29-17/h4,7,10-11,13H,5-6,8-9,12H2,1-3H3. The van der Waals surface area contributed by atoms with Crippen LogP contribution in [0, 0.1) is 0 Å². The smallest absolute Gasteiger partial charge is 0.410 e. The van der Waals surface area contributed by atoms with Gasteiger partial charge in [-0.05, 0) is 45.7 Å². The number of aromatic nitrogens is 3. The van der Waals surface area contributed by atoms with Gasteiger partial charge in [-0.1, -0.05) is 5.16 Å². The molecule has 1 aliphatic heterocycles. The van der Waals surface area contributed by atoms with Crippen LogP contribution in [0.4, 0.5) is 4.79 Å². The largest absolute Gasteiger partial charge is 0.451 e. The van der Waals surface area contributed by atoms with E-state index < -0.39 is 5.60 Å². The molecule has 3 aromatic rings. The molecule has 0 spiro atoms. The molecular formula is C21H24N4O6. The second-order valence-corrected chi connectivity index (χ2v) is 8.33. The van der Waals surface area contributed by atoms with Gasteiger partial charge in [0.1, 0.15) is 23.5 Å². The van der Waals surface area contributed by atoms with E-state index in [1.807, 2.05) is 20.8 Å². The summed E-state index contributed by atoms with van der Waals surface area (Å²) < 4.78 is 22.3. The number of hydrogen-bond acceptors (Lipinski definition) is 9. The Hall–Kier alpha value is -3.27. The van der Waals surface area contributed by atoms with Crippen molar-refractivity contribution >= 4 is 23.3 Å². The van der Waals surface area contributed by atoms with Crippen LogP contribution >= 0.6 is 0 Å². The number of likely N-dealkylation sites (tertiary alicyclic amines) is 1. The van der Waals surface area contributed by atoms with E-state index in [1.165, 1.54) is 6.20 Å². The van der Waals surface area contributed by atoms with Crippen LogP contribution in [0.3, 0.4) is 0 Å². The molecule has 31 heavy (non-hydrogen) atoms. The van der Waals surface area contributed by atoms with E-state index in [1.54, 1.807) is 17.0 Å². The lowest BCUT2D eigenvalue weighted by atomic mass is 10.1. The van der Waals surface area contributed by atoms with Gasteiger partial charge in [-0.2, -0.15) is 4.98 Å². The molecule has 0 aliphatic carbocycles. The van der Waals surface area contributed by atoms with Crippen molar-refractivity contribution in [3.05, 3.63) is 29.8 Å². The van der Waals surface area contributed by atoms with E-state index in [9.17, 15) is 9.59 Å². The van der Waals surface area contributed by atoms with Crippen LogP contribution < -0.4 is 0 Å². The summed E-state index contributed by atoms with van der Waals surface area (Å²) in [5.41, 5.74) is 0.291. The van der Waals surface area contributed by atoms with Crippen LogP contribution in [-0.4, -0.2) is 57.2 Å². The van der Waals surface area contributed by atoms with Gasteiger partial charge in [-0.3, -0.25) is 9.78 Å². The predicted octanol–water partition coefficient (Wildman–Crippen LogP) is 3.61. The Bertz CT molecular complexity index is 1080. The molecule has 164 valence electrons. The number of amides is 1. The highest BCUT2D eigenvalue weighted by molar-refractivity contribution is 5.95. The summed E-state index contributed by atoms with van der Waals surface area (Å²) >= 11 is 0. The highest BCUT2D eigenvalue weighted by atomic mass is 16.6. The number of pyridine rings is 1. The monoisotopic (exact) mass is 428 g/mol. The minimum absolute atomic E-state index is 0.00642. The molecule has 0 bridgehead atoms. The lowest BCUT2D eigenvalue weighted by Gasteiger charge is -2.33. The average molecular weight is 428 g/mol. The normalized spacial score (nSPS) is 15.4. The molecule has 1 amide bonds. The molecule has 1 saturated heterocycles. The van der Waals surface area contributed by atoms with Crippen LogP contribution in [0.1, 0.15) is 49.9 Å². The van der Waals surface area contributed by atoms with Crippen LogP contribution in [0.25, 0.3) is 22.6 Å². The van der Waals surface area contributed by atoms with Crippen molar-refractivity contribution in [2.45, 2.75) is 51.9 Å². The minimum Gasteiger partial charge on any atom is -0.451 e. The second kappa shape index (κ2) is 8.46. The number of fused-ring (bicyclic) bond motifs is 1. The Kier molecular flexibility index (Phi) is 5.73. The number of carbonyl (C=O) groups excluding carboxylic acids is 2. The Morgan fingerprint density at radius 2 is 2.10 bits per heavy atom. The molecule has 1 aliphatic rings. The summed E-state index contributed by atoms with van der Waals surface area (Å²) in [4.78, 5) is 33.3. The van der Waals surface area contributed by atoms with Gasteiger partial charge >= 0.3 is 6.09 Å². The summed E-state index contributed by atoms with van der Waals surface area (Å²) in [6.45, 7) is 6.88. The third kappa shape index (κ3) is 4.91. The first-order valence-corrected chi connectivity index (χ1v) is 10.1. The molecule has 0 aromatic carbocycles. The first-order valence-electron chi connectivity index (χ1n) is 10.1. The van der Waals surface area contributed by atoms with E-state index in [-0.39, 0.29) is 30.4 Å². The molecule has 4 rings (SSSR count). The summed E-state index contributed by atoms with van der Waals surface area (Å²) in [5, 5.41) is 4.52. The SMILES string of the molecule is CC(C)(C)OC(=O)N1CCC(OCc2noc(-c3cc4c(C=O)nccc4o3)n2)CC1. The Morgan fingerprint density at radius 1 is 1.32 bits per heavy atom. The second-order valence-electron chi connectivity index (χ2n) is 8.33. The summed E-state index contributed by atoms with van der Waals surface area (Å²) in [6.07, 6.45) is 3.27. The zero-order valence-electron chi connectivity index (χ0n) is 17.7. The maximum Gasteiger partial charge on any atom is 0.410 e. The fourth-order valence-corrected chi connectivity index (χ4v) is 3.32. The van der Waals surface area contributed by atoms with Crippen LogP contribution in [0.2, 0.25) is 0 Å². The molecule has 1 fully saturated rings. The maximum absolute atomic E-state index is 12.1. The highest BCUT2D eigenvalue weighted by Gasteiger charge is 2.27. The van der Waals surface area contributed by atoms with Gasteiger partial charge < -0.3 is 23.3 Å². The molecule has 3 aromatic heterocycles. The van der Waals surface area contributed by atoms with Crippen molar-refractivity contribution in [3.63, 3.8) is 0 Å². The molecule has 0 unspecified atom stereocenters. The number of ether oxygens (including phenoxy) is 2. The molecule has 0 saturated carbocycles. The van der Waals surface area contributed by atoms with Gasteiger partial charge in [0.05, 0.1) is 11.5 Å². The zero-order chi connectivity index (χ0) is 22.0. The van der Waals surface area contributed by atoms with Crippen LogP contribution in [-0.2, 0) is 16.1 Å². The average Bonchev–Trinajstić information content (AvgIpc) is 3.38. The molecule has 4 heterocycles. The quantitative estimate of drug-likeness (QED) is 0.561. The summed E-state index contributed by atoms with van der Waals surface area (Å²) in [7, 11) is 0. The van der Waals surface area contributed by atoms with Gasteiger partial charge in [0.15, 0.2) is 17.9 Å². The molecular weight excluding hydrogens is 404 g/mol. The van der Waals surface area contributed by atoms with Crippen molar-refractivity contribution < 1.29 is 28.0 Å². The van der Waals surface area contributed by atoms with Gasteiger partial charge in [-0.25, -0.2) is 4.79 Å². The van der Waals surface area contributed by atoms with Crippen molar-refractivity contribution in [1.82, 2.24) is 20.0 Å². The molecule has 0 atom stereocenters. The number of nitrogens with zero attached hydrogens (tertiary/aromatic N) is 4. The van der Waals surface area contributed by atoms with E-state index >= 15 is 0 Å². The number of hydrogen-bond donors (Lipinski definition) is 0. The number of piperidine rings is 1. The van der Waals surface area contributed by atoms with Gasteiger partial charge in [-0.15, -0.1) is 0 Å². The van der Waals surface area contributed by atoms with E-state index in [2.05, 4.69) is 15.1 Å². The van der Waals surface area contributed by atoms with Crippen LogP contribution in [0.5, 0.6) is 0 Å². The number of furan rings is 1. The first-order chi connectivity index (χ1) is 14.8. The van der Waals surface area contributed by atoms with Crippen molar-refractivity contribution in [1.29, 1.82) is 0 Å². The van der Waals surface area contributed by atoms with Crippen LogP contribution in [0.15, 0.2) is 27.3 Å². The van der Waals surface area contributed by atoms with E-state index in [0.717, 1.165) is 0 Å². The topological polar surface area (TPSA) is 121 Å². The van der Waals surface area contributed by atoms with E-state index in [4.69, 9.17) is 18.4 Å². The predicted molar refractivity (Wildman–Crippen MR) is 108 cm³/mol. The number of carbonyl (C=O) groups is 2. The van der Waals surface area contributed by atoms with Crippen molar-refractivity contribution in [2.75, 3.05) is 13.1 Å². The van der Waals surface area contributed by atoms with Crippen molar-refractivity contribution in [3.8, 4) is 11.7 Å².